The predicted molar refractivity (Wildman–Crippen MR) is 75.9 cm³/mol. The van der Waals surface area contributed by atoms with E-state index < -0.39 is 6.36 Å². The highest BCUT2D eigenvalue weighted by Gasteiger charge is 2.31. The van der Waals surface area contributed by atoms with Gasteiger partial charge in [-0.2, -0.15) is 0 Å². The fourth-order valence-electron chi connectivity index (χ4n) is 1.47. The average Bonchev–Trinajstić information content (AvgIpc) is 2.36. The zero-order chi connectivity index (χ0) is 15.6. The third-order valence-electron chi connectivity index (χ3n) is 2.36. The van der Waals surface area contributed by atoms with Crippen molar-refractivity contribution in [2.75, 3.05) is 5.32 Å². The van der Waals surface area contributed by atoms with Gasteiger partial charge in [0.1, 0.15) is 11.6 Å². The lowest BCUT2D eigenvalue weighted by Crippen LogP contribution is -2.17. The largest absolute Gasteiger partial charge is 0.573 e. The van der Waals surface area contributed by atoms with Crippen LogP contribution in [0.5, 0.6) is 5.75 Å². The quantitative estimate of drug-likeness (QED) is 0.772. The van der Waals surface area contributed by atoms with Gasteiger partial charge in [0.2, 0.25) is 5.28 Å². The van der Waals surface area contributed by atoms with Crippen LogP contribution in [0.3, 0.4) is 0 Å². The second-order valence-corrected chi connectivity index (χ2v) is 5.18. The number of halogens is 5. The van der Waals surface area contributed by atoms with Crippen LogP contribution in [0.1, 0.15) is 5.56 Å². The van der Waals surface area contributed by atoms with Crippen LogP contribution in [0.2, 0.25) is 5.28 Å². The first-order valence-corrected chi connectivity index (χ1v) is 6.73. The molecule has 0 aliphatic carbocycles. The maximum Gasteiger partial charge on any atom is 0.573 e. The van der Waals surface area contributed by atoms with Crippen LogP contribution < -0.4 is 10.1 Å². The van der Waals surface area contributed by atoms with Crippen molar-refractivity contribution in [2.45, 2.75) is 13.3 Å². The molecule has 112 valence electrons. The van der Waals surface area contributed by atoms with E-state index in [9.17, 15) is 13.2 Å². The van der Waals surface area contributed by atoms with Gasteiger partial charge in [-0.05, 0) is 52.7 Å². The van der Waals surface area contributed by atoms with E-state index in [0.717, 1.165) is 5.56 Å². The molecule has 1 aromatic carbocycles. The third kappa shape index (κ3) is 4.47. The number of benzene rings is 1. The Kier molecular flexibility index (Phi) is 4.58. The fraction of sp³-hybridized carbons (Fsp3) is 0.167. The molecule has 1 N–H and O–H groups in total. The van der Waals surface area contributed by atoms with Gasteiger partial charge in [0.05, 0.1) is 4.47 Å². The van der Waals surface area contributed by atoms with Gasteiger partial charge >= 0.3 is 6.36 Å². The number of hydrogen-bond acceptors (Lipinski definition) is 4. The standard InChI is InChI=1S/C12H8BrClF3N3O/c1-6-5-18-11(14)20-10(6)19-7-2-3-9(8(13)4-7)21-12(15,16)17/h2-5H,1H3,(H,18,19,20). The van der Waals surface area contributed by atoms with E-state index in [-0.39, 0.29) is 15.5 Å². The summed E-state index contributed by atoms with van der Waals surface area (Å²) in [4.78, 5) is 7.81. The van der Waals surface area contributed by atoms with Crippen molar-refractivity contribution in [3.05, 3.63) is 39.7 Å². The van der Waals surface area contributed by atoms with Crippen LogP contribution in [-0.2, 0) is 0 Å². The monoisotopic (exact) mass is 381 g/mol. The van der Waals surface area contributed by atoms with Crippen LogP contribution in [0.25, 0.3) is 0 Å². The summed E-state index contributed by atoms with van der Waals surface area (Å²) in [5, 5.41) is 3.01. The summed E-state index contributed by atoms with van der Waals surface area (Å²) in [5.74, 6) is 0.136. The van der Waals surface area contributed by atoms with Crippen molar-refractivity contribution in [3.63, 3.8) is 0 Å². The maximum atomic E-state index is 12.2. The Morgan fingerprint density at radius 2 is 2.05 bits per heavy atom. The Balaban J connectivity index is 2.22. The zero-order valence-corrected chi connectivity index (χ0v) is 12.8. The molecule has 0 fully saturated rings. The smallest absolute Gasteiger partial charge is 0.405 e. The summed E-state index contributed by atoms with van der Waals surface area (Å²) < 4.78 is 40.5. The third-order valence-corrected chi connectivity index (χ3v) is 3.16. The Morgan fingerprint density at radius 3 is 2.67 bits per heavy atom. The molecule has 0 unspecified atom stereocenters. The van der Waals surface area contributed by atoms with Crippen LogP contribution in [-0.4, -0.2) is 16.3 Å². The molecule has 0 amide bonds. The summed E-state index contributed by atoms with van der Waals surface area (Å²) in [6, 6.07) is 4.07. The number of hydrogen-bond donors (Lipinski definition) is 1. The van der Waals surface area contributed by atoms with Crippen molar-refractivity contribution in [3.8, 4) is 5.75 Å². The van der Waals surface area contributed by atoms with Crippen LogP contribution in [0, 0.1) is 6.92 Å². The van der Waals surface area contributed by atoms with Gasteiger partial charge in [0, 0.05) is 17.4 Å². The lowest BCUT2D eigenvalue weighted by atomic mass is 10.3. The lowest BCUT2D eigenvalue weighted by molar-refractivity contribution is -0.274. The molecular weight excluding hydrogens is 375 g/mol. The normalized spacial score (nSPS) is 11.3. The number of anilines is 2. The van der Waals surface area contributed by atoms with Gasteiger partial charge in [-0.15, -0.1) is 13.2 Å². The van der Waals surface area contributed by atoms with Gasteiger partial charge in [-0.3, -0.25) is 0 Å². The van der Waals surface area contributed by atoms with E-state index in [0.29, 0.717) is 11.5 Å². The molecule has 0 saturated heterocycles. The van der Waals surface area contributed by atoms with Gasteiger partial charge < -0.3 is 10.1 Å². The number of rotatable bonds is 3. The number of nitrogens with zero attached hydrogens (tertiary/aromatic N) is 2. The Hall–Kier alpha value is -1.54. The Labute approximate surface area is 131 Å². The van der Waals surface area contributed by atoms with E-state index in [1.165, 1.54) is 24.4 Å². The first-order chi connectivity index (χ1) is 9.74. The van der Waals surface area contributed by atoms with E-state index in [2.05, 4.69) is 36.0 Å². The van der Waals surface area contributed by atoms with Gasteiger partial charge in [-0.25, -0.2) is 9.97 Å². The summed E-state index contributed by atoms with van der Waals surface area (Å²) in [7, 11) is 0. The van der Waals surface area contributed by atoms with E-state index in [4.69, 9.17) is 11.6 Å². The summed E-state index contributed by atoms with van der Waals surface area (Å²) in [6.45, 7) is 1.77. The molecule has 9 heteroatoms. The molecule has 0 atom stereocenters. The van der Waals surface area contributed by atoms with Crippen molar-refractivity contribution in [2.24, 2.45) is 0 Å². The second kappa shape index (κ2) is 6.07. The highest BCUT2D eigenvalue weighted by molar-refractivity contribution is 9.10. The molecule has 2 rings (SSSR count). The number of ether oxygens (including phenoxy) is 1. The molecular formula is C12H8BrClF3N3O. The highest BCUT2D eigenvalue weighted by atomic mass is 79.9. The molecule has 0 aliphatic rings. The number of alkyl halides is 3. The summed E-state index contributed by atoms with van der Waals surface area (Å²) >= 11 is 8.72. The number of nitrogens with one attached hydrogen (secondary N) is 1. The minimum atomic E-state index is -4.74. The van der Waals surface area contributed by atoms with Crippen molar-refractivity contribution in [1.82, 2.24) is 9.97 Å². The molecule has 0 saturated carbocycles. The molecule has 2 aromatic rings. The molecule has 21 heavy (non-hydrogen) atoms. The topological polar surface area (TPSA) is 47.0 Å². The molecule has 0 bridgehead atoms. The second-order valence-electron chi connectivity index (χ2n) is 3.99. The summed E-state index contributed by atoms with van der Waals surface area (Å²) in [5.41, 5.74) is 1.26. The first kappa shape index (κ1) is 15.8. The predicted octanol–water partition coefficient (Wildman–Crippen LogP) is 4.84. The molecule has 1 heterocycles. The minimum absolute atomic E-state index is 0.0687. The Bertz CT molecular complexity index is 667. The van der Waals surface area contributed by atoms with E-state index in [1.807, 2.05) is 0 Å². The molecule has 4 nitrogen and oxygen atoms in total. The first-order valence-electron chi connectivity index (χ1n) is 5.56. The Morgan fingerprint density at radius 1 is 1.33 bits per heavy atom. The molecule has 0 radical (unpaired) electrons. The highest BCUT2D eigenvalue weighted by Crippen LogP contribution is 2.33. The lowest BCUT2D eigenvalue weighted by Gasteiger charge is -2.13. The van der Waals surface area contributed by atoms with Crippen molar-refractivity contribution >= 4 is 39.0 Å². The van der Waals surface area contributed by atoms with Crippen LogP contribution in [0.15, 0.2) is 28.9 Å². The fourth-order valence-corrected chi connectivity index (χ4v) is 2.06. The van der Waals surface area contributed by atoms with E-state index >= 15 is 0 Å². The molecule has 0 aliphatic heterocycles. The van der Waals surface area contributed by atoms with E-state index in [1.54, 1.807) is 6.92 Å². The minimum Gasteiger partial charge on any atom is -0.405 e. The SMILES string of the molecule is Cc1cnc(Cl)nc1Nc1ccc(OC(F)(F)F)c(Br)c1. The molecule has 1 aromatic heterocycles. The van der Waals surface area contributed by atoms with Crippen LogP contribution >= 0.6 is 27.5 Å². The average molecular weight is 383 g/mol. The summed E-state index contributed by atoms with van der Waals surface area (Å²) in [6.07, 6.45) is -3.21. The van der Waals surface area contributed by atoms with Gasteiger partial charge in [-0.1, -0.05) is 0 Å². The zero-order valence-electron chi connectivity index (χ0n) is 10.5. The van der Waals surface area contributed by atoms with Crippen molar-refractivity contribution in [1.29, 1.82) is 0 Å². The van der Waals surface area contributed by atoms with Crippen LogP contribution in [0.4, 0.5) is 24.7 Å². The number of aryl methyl sites for hydroxylation is 1. The van der Waals surface area contributed by atoms with Gasteiger partial charge in [0.15, 0.2) is 0 Å². The number of aromatic nitrogens is 2. The van der Waals surface area contributed by atoms with Crippen molar-refractivity contribution < 1.29 is 17.9 Å². The maximum absolute atomic E-state index is 12.2. The van der Waals surface area contributed by atoms with Gasteiger partial charge in [0.25, 0.3) is 0 Å². The molecule has 0 spiro atoms.